The Morgan fingerprint density at radius 3 is 2.44 bits per heavy atom. The quantitative estimate of drug-likeness (QED) is 0.425. The third kappa shape index (κ3) is 6.18. The number of aromatic nitrogens is 2. The van der Waals surface area contributed by atoms with Crippen LogP contribution in [0.15, 0.2) is 12.1 Å². The second-order valence-electron chi connectivity index (χ2n) is 3.44. The number of nitrogens with zero attached hydrogens (tertiary/aromatic N) is 3. The molecule has 5 N–H and O–H groups in total. The van der Waals surface area contributed by atoms with Crippen LogP contribution in [0.2, 0.25) is 0 Å². The zero-order valence-electron chi connectivity index (χ0n) is 9.98. The molecule has 0 aliphatic heterocycles. The number of halogens is 2. The molecule has 0 amide bonds. The SMILES string of the molecule is CC(O)CN(CCO)c1ccc(NN)nn1.Cl.Cl. The Balaban J connectivity index is 0. The highest BCUT2D eigenvalue weighted by molar-refractivity contribution is 5.85. The molecule has 0 aliphatic carbocycles. The van der Waals surface area contributed by atoms with Crippen LogP contribution in [-0.4, -0.2) is 46.2 Å². The third-order valence-electron chi connectivity index (χ3n) is 1.98. The summed E-state index contributed by atoms with van der Waals surface area (Å²) in [5.41, 5.74) is 2.37. The van der Waals surface area contributed by atoms with E-state index in [0.29, 0.717) is 24.7 Å². The zero-order valence-corrected chi connectivity index (χ0v) is 11.6. The lowest BCUT2D eigenvalue weighted by Crippen LogP contribution is -2.34. The van der Waals surface area contributed by atoms with E-state index in [1.54, 1.807) is 24.0 Å². The van der Waals surface area contributed by atoms with Crippen molar-refractivity contribution < 1.29 is 10.2 Å². The van der Waals surface area contributed by atoms with Crippen molar-refractivity contribution in [3.63, 3.8) is 0 Å². The van der Waals surface area contributed by atoms with Crippen LogP contribution in [0.4, 0.5) is 11.6 Å². The van der Waals surface area contributed by atoms with E-state index in [0.717, 1.165) is 0 Å². The van der Waals surface area contributed by atoms with Gasteiger partial charge in [-0.1, -0.05) is 0 Å². The molecule has 0 radical (unpaired) electrons. The number of hydrogen-bond donors (Lipinski definition) is 4. The molecule has 1 aromatic rings. The molecule has 7 nitrogen and oxygen atoms in total. The van der Waals surface area contributed by atoms with Crippen molar-refractivity contribution >= 4 is 36.4 Å². The molecule has 106 valence electrons. The topological polar surface area (TPSA) is 108 Å². The first kappa shape index (κ1) is 19.5. The van der Waals surface area contributed by atoms with Gasteiger partial charge in [0.05, 0.1) is 12.7 Å². The van der Waals surface area contributed by atoms with Crippen molar-refractivity contribution in [3.8, 4) is 0 Å². The first-order valence-electron chi connectivity index (χ1n) is 5.01. The van der Waals surface area contributed by atoms with Crippen LogP contribution in [0.3, 0.4) is 0 Å². The lowest BCUT2D eigenvalue weighted by atomic mass is 10.3. The van der Waals surface area contributed by atoms with Gasteiger partial charge < -0.3 is 20.5 Å². The number of nitrogens with two attached hydrogens (primary N) is 1. The molecule has 0 aromatic carbocycles. The maximum Gasteiger partial charge on any atom is 0.162 e. The largest absolute Gasteiger partial charge is 0.395 e. The van der Waals surface area contributed by atoms with E-state index in [1.165, 1.54) is 0 Å². The van der Waals surface area contributed by atoms with Gasteiger partial charge in [-0.05, 0) is 19.1 Å². The molecule has 0 saturated carbocycles. The fourth-order valence-electron chi connectivity index (χ4n) is 1.31. The summed E-state index contributed by atoms with van der Waals surface area (Å²) in [6.45, 7) is 2.46. The zero-order chi connectivity index (χ0) is 12.0. The first-order valence-corrected chi connectivity index (χ1v) is 5.01. The third-order valence-corrected chi connectivity index (χ3v) is 1.98. The van der Waals surface area contributed by atoms with E-state index < -0.39 is 6.10 Å². The van der Waals surface area contributed by atoms with Crippen molar-refractivity contribution in [1.82, 2.24) is 10.2 Å². The Kier molecular flexibility index (Phi) is 10.9. The maximum atomic E-state index is 9.31. The predicted octanol–water partition coefficient (Wildman–Crippen LogP) is -0.215. The van der Waals surface area contributed by atoms with E-state index in [1.807, 2.05) is 0 Å². The molecule has 0 saturated heterocycles. The Labute approximate surface area is 118 Å². The van der Waals surface area contributed by atoms with Gasteiger partial charge in [-0.3, -0.25) is 0 Å². The highest BCUT2D eigenvalue weighted by Crippen LogP contribution is 2.11. The van der Waals surface area contributed by atoms with Crippen LogP contribution in [-0.2, 0) is 0 Å². The molecule has 9 heteroatoms. The highest BCUT2D eigenvalue weighted by Gasteiger charge is 2.10. The normalized spacial score (nSPS) is 10.9. The number of nitrogens with one attached hydrogen (secondary N) is 1. The van der Waals surface area contributed by atoms with Gasteiger partial charge in [0.15, 0.2) is 11.6 Å². The van der Waals surface area contributed by atoms with Crippen LogP contribution in [0.5, 0.6) is 0 Å². The van der Waals surface area contributed by atoms with Gasteiger partial charge in [-0.2, -0.15) is 0 Å². The summed E-state index contributed by atoms with van der Waals surface area (Å²) < 4.78 is 0. The lowest BCUT2D eigenvalue weighted by Gasteiger charge is -2.23. The molecule has 1 unspecified atom stereocenters. The number of hydrazine groups is 1. The van der Waals surface area contributed by atoms with E-state index in [4.69, 9.17) is 10.9 Å². The molecular formula is C9H19Cl2N5O2. The minimum Gasteiger partial charge on any atom is -0.395 e. The summed E-state index contributed by atoms with van der Waals surface area (Å²) in [5.74, 6) is 6.22. The average molecular weight is 300 g/mol. The summed E-state index contributed by atoms with van der Waals surface area (Å²) >= 11 is 0. The second kappa shape index (κ2) is 10.1. The Bertz CT molecular complexity index is 312. The van der Waals surface area contributed by atoms with Crippen LogP contribution in [0.25, 0.3) is 0 Å². The monoisotopic (exact) mass is 299 g/mol. The lowest BCUT2D eigenvalue weighted by molar-refractivity contribution is 0.196. The molecule has 1 heterocycles. The average Bonchev–Trinajstić information content (AvgIpc) is 2.28. The Morgan fingerprint density at radius 1 is 1.39 bits per heavy atom. The number of rotatable bonds is 6. The smallest absolute Gasteiger partial charge is 0.162 e. The van der Waals surface area contributed by atoms with E-state index >= 15 is 0 Å². The fourth-order valence-corrected chi connectivity index (χ4v) is 1.31. The fraction of sp³-hybridized carbons (Fsp3) is 0.556. The summed E-state index contributed by atoms with van der Waals surface area (Å²) in [4.78, 5) is 1.75. The minimum absolute atomic E-state index is 0. The molecule has 1 rings (SSSR count). The van der Waals surface area contributed by atoms with Crippen LogP contribution >= 0.6 is 24.8 Å². The second-order valence-corrected chi connectivity index (χ2v) is 3.44. The molecule has 0 spiro atoms. The van der Waals surface area contributed by atoms with Gasteiger partial charge in [0.2, 0.25) is 0 Å². The molecule has 1 atom stereocenters. The first-order chi connectivity index (χ1) is 7.67. The summed E-state index contributed by atoms with van der Waals surface area (Å²) in [7, 11) is 0. The van der Waals surface area contributed by atoms with Crippen LogP contribution in [0, 0.1) is 0 Å². The molecule has 18 heavy (non-hydrogen) atoms. The summed E-state index contributed by atoms with van der Waals surface area (Å²) in [6.07, 6.45) is -0.499. The molecule has 0 fully saturated rings. The van der Waals surface area contributed by atoms with Gasteiger partial charge in [-0.25, -0.2) is 5.84 Å². The standard InChI is InChI=1S/C9H17N5O2.2ClH/c1-7(16)6-14(4-5-15)9-3-2-8(11-10)12-13-9;;/h2-3,7,15-16H,4-6,10H2,1H3,(H,11,12);2*1H. The summed E-state index contributed by atoms with van der Waals surface area (Å²) in [6, 6.07) is 3.40. The number of nitrogen functional groups attached to an aromatic ring is 1. The minimum atomic E-state index is -0.499. The molecular weight excluding hydrogens is 281 g/mol. The molecule has 1 aromatic heterocycles. The Hall–Kier alpha value is -0.860. The predicted molar refractivity (Wildman–Crippen MR) is 75.3 cm³/mol. The maximum absolute atomic E-state index is 9.31. The van der Waals surface area contributed by atoms with Gasteiger partial charge in [0, 0.05) is 13.1 Å². The van der Waals surface area contributed by atoms with Crippen molar-refractivity contribution in [2.24, 2.45) is 5.84 Å². The van der Waals surface area contributed by atoms with Crippen molar-refractivity contribution in [3.05, 3.63) is 12.1 Å². The van der Waals surface area contributed by atoms with E-state index in [2.05, 4.69) is 15.6 Å². The van der Waals surface area contributed by atoms with Crippen LogP contribution < -0.4 is 16.2 Å². The highest BCUT2D eigenvalue weighted by atomic mass is 35.5. The van der Waals surface area contributed by atoms with Gasteiger partial charge >= 0.3 is 0 Å². The van der Waals surface area contributed by atoms with Gasteiger partial charge in [-0.15, -0.1) is 35.0 Å². The van der Waals surface area contributed by atoms with Gasteiger partial charge in [0.25, 0.3) is 0 Å². The van der Waals surface area contributed by atoms with E-state index in [9.17, 15) is 5.11 Å². The van der Waals surface area contributed by atoms with Gasteiger partial charge in [0.1, 0.15) is 0 Å². The Morgan fingerprint density at radius 2 is 2.06 bits per heavy atom. The summed E-state index contributed by atoms with van der Waals surface area (Å²) in [5, 5.41) is 26.0. The number of aliphatic hydroxyl groups is 2. The van der Waals surface area contributed by atoms with Crippen LogP contribution in [0.1, 0.15) is 6.92 Å². The molecule has 0 aliphatic rings. The van der Waals surface area contributed by atoms with E-state index in [-0.39, 0.29) is 31.4 Å². The van der Waals surface area contributed by atoms with Crippen molar-refractivity contribution in [2.45, 2.75) is 13.0 Å². The molecule has 0 bridgehead atoms. The number of anilines is 2. The number of hydrogen-bond acceptors (Lipinski definition) is 7. The number of aliphatic hydroxyl groups excluding tert-OH is 2. The van der Waals surface area contributed by atoms with Crippen molar-refractivity contribution in [1.29, 1.82) is 0 Å². The van der Waals surface area contributed by atoms with Crippen molar-refractivity contribution in [2.75, 3.05) is 30.0 Å².